The number of hydrogen-bond acceptors (Lipinski definition) is 7. The maximum Gasteiger partial charge on any atom is 0.266 e. The Bertz CT molecular complexity index is 1020. The Morgan fingerprint density at radius 3 is 2.53 bits per heavy atom. The highest BCUT2D eigenvalue weighted by molar-refractivity contribution is 8.26. The largest absolute Gasteiger partial charge is 0.504 e. The van der Waals surface area contributed by atoms with Gasteiger partial charge in [0.2, 0.25) is 5.91 Å². The van der Waals surface area contributed by atoms with Crippen LogP contribution in [-0.4, -0.2) is 46.4 Å². The standard InChI is InChI=1S/C21H20N2O5S2/c1-12(19(25)22-14-5-7-15(27-2)8-6-14)23-20(26)18(30-21(23)29)11-13-4-9-16(24)17(10-13)28-3/h4-12,24H,1-3H3,(H,22,25)/b18-11-. The number of rotatable bonds is 6. The summed E-state index contributed by atoms with van der Waals surface area (Å²) in [5, 5.41) is 12.5. The van der Waals surface area contributed by atoms with Gasteiger partial charge in [-0.15, -0.1) is 0 Å². The van der Waals surface area contributed by atoms with Gasteiger partial charge in [0.15, 0.2) is 11.5 Å². The van der Waals surface area contributed by atoms with Gasteiger partial charge in [-0.25, -0.2) is 0 Å². The van der Waals surface area contributed by atoms with Gasteiger partial charge in [0.1, 0.15) is 16.1 Å². The number of nitrogens with zero attached hydrogens (tertiary/aromatic N) is 1. The molecule has 0 aromatic heterocycles. The number of thioether (sulfide) groups is 1. The van der Waals surface area contributed by atoms with E-state index in [4.69, 9.17) is 21.7 Å². The van der Waals surface area contributed by atoms with Crippen molar-refractivity contribution in [2.45, 2.75) is 13.0 Å². The Labute approximate surface area is 183 Å². The van der Waals surface area contributed by atoms with Crippen molar-refractivity contribution in [3.8, 4) is 17.2 Å². The van der Waals surface area contributed by atoms with Crippen LogP contribution in [0, 0.1) is 0 Å². The van der Waals surface area contributed by atoms with E-state index in [0.29, 0.717) is 32.0 Å². The number of phenolic OH excluding ortho intramolecular Hbond substituents is 1. The van der Waals surface area contributed by atoms with E-state index in [0.717, 1.165) is 11.8 Å². The van der Waals surface area contributed by atoms with Crippen LogP contribution in [0.15, 0.2) is 47.4 Å². The molecule has 2 aromatic rings. The molecule has 1 heterocycles. The monoisotopic (exact) mass is 444 g/mol. The summed E-state index contributed by atoms with van der Waals surface area (Å²) < 4.78 is 10.5. The predicted octanol–water partition coefficient (Wildman–Crippen LogP) is 3.64. The van der Waals surface area contributed by atoms with Crippen LogP contribution in [0.4, 0.5) is 5.69 Å². The summed E-state index contributed by atoms with van der Waals surface area (Å²) in [6, 6.07) is 10.9. The fourth-order valence-corrected chi connectivity index (χ4v) is 4.21. The molecule has 1 fully saturated rings. The molecular formula is C21H20N2O5S2. The number of hydrogen-bond donors (Lipinski definition) is 2. The lowest BCUT2D eigenvalue weighted by atomic mass is 10.1. The highest BCUT2D eigenvalue weighted by Crippen LogP contribution is 2.35. The first-order valence-corrected chi connectivity index (χ1v) is 10.2. The number of aromatic hydroxyl groups is 1. The third-order valence-corrected chi connectivity index (χ3v) is 5.78. The Balaban J connectivity index is 1.75. The summed E-state index contributed by atoms with van der Waals surface area (Å²) in [6.45, 7) is 1.62. The van der Waals surface area contributed by atoms with E-state index < -0.39 is 6.04 Å². The van der Waals surface area contributed by atoms with E-state index in [1.807, 2.05) is 0 Å². The molecule has 0 bridgehead atoms. The molecule has 7 nitrogen and oxygen atoms in total. The Morgan fingerprint density at radius 2 is 1.90 bits per heavy atom. The number of anilines is 1. The van der Waals surface area contributed by atoms with Crippen molar-refractivity contribution >= 4 is 51.9 Å². The van der Waals surface area contributed by atoms with E-state index in [9.17, 15) is 14.7 Å². The molecule has 0 saturated carbocycles. The molecule has 9 heteroatoms. The number of benzene rings is 2. The van der Waals surface area contributed by atoms with Crippen molar-refractivity contribution in [2.24, 2.45) is 0 Å². The zero-order chi connectivity index (χ0) is 21.8. The van der Waals surface area contributed by atoms with Crippen LogP contribution >= 0.6 is 24.0 Å². The maximum atomic E-state index is 12.9. The zero-order valence-electron chi connectivity index (χ0n) is 16.5. The van der Waals surface area contributed by atoms with Crippen LogP contribution in [0.25, 0.3) is 6.08 Å². The van der Waals surface area contributed by atoms with Gasteiger partial charge in [-0.1, -0.05) is 30.0 Å². The number of amides is 2. The van der Waals surface area contributed by atoms with E-state index in [-0.39, 0.29) is 17.6 Å². The van der Waals surface area contributed by atoms with Gasteiger partial charge in [0.25, 0.3) is 5.91 Å². The third kappa shape index (κ3) is 4.58. The summed E-state index contributed by atoms with van der Waals surface area (Å²) in [7, 11) is 3.01. The van der Waals surface area contributed by atoms with Gasteiger partial charge in [0.05, 0.1) is 19.1 Å². The van der Waals surface area contributed by atoms with Crippen LogP contribution in [-0.2, 0) is 9.59 Å². The first kappa shape index (κ1) is 21.7. The fraction of sp³-hybridized carbons (Fsp3) is 0.190. The summed E-state index contributed by atoms with van der Waals surface area (Å²) in [4.78, 5) is 27.2. The second-order valence-corrected chi connectivity index (χ2v) is 8.05. The van der Waals surface area contributed by atoms with Gasteiger partial charge in [-0.2, -0.15) is 0 Å². The lowest BCUT2D eigenvalue weighted by Gasteiger charge is -2.22. The highest BCUT2D eigenvalue weighted by atomic mass is 32.2. The van der Waals surface area contributed by atoms with Gasteiger partial charge >= 0.3 is 0 Å². The third-order valence-electron chi connectivity index (χ3n) is 4.45. The average Bonchev–Trinajstić information content (AvgIpc) is 3.02. The number of carbonyl (C=O) groups is 2. The molecule has 30 heavy (non-hydrogen) atoms. The molecule has 1 atom stereocenters. The molecule has 3 rings (SSSR count). The Morgan fingerprint density at radius 1 is 1.20 bits per heavy atom. The second-order valence-electron chi connectivity index (χ2n) is 6.38. The molecule has 2 N–H and O–H groups in total. The Hall–Kier alpha value is -3.04. The van der Waals surface area contributed by atoms with Crippen molar-refractivity contribution in [3.63, 3.8) is 0 Å². The lowest BCUT2D eigenvalue weighted by Crippen LogP contribution is -2.44. The van der Waals surface area contributed by atoms with Crippen molar-refractivity contribution in [2.75, 3.05) is 19.5 Å². The van der Waals surface area contributed by atoms with Crippen LogP contribution < -0.4 is 14.8 Å². The SMILES string of the molecule is COc1ccc(NC(=O)C(C)N2C(=O)/C(=C/c3ccc(O)c(OC)c3)SC2=S)cc1. The minimum atomic E-state index is -0.792. The maximum absolute atomic E-state index is 12.9. The Kier molecular flexibility index (Phi) is 6.63. The van der Waals surface area contributed by atoms with Gasteiger partial charge in [-0.3, -0.25) is 14.5 Å². The number of phenols is 1. The molecule has 0 aliphatic carbocycles. The minimum absolute atomic E-state index is 0.00558. The topological polar surface area (TPSA) is 88.1 Å². The number of methoxy groups -OCH3 is 2. The first-order valence-electron chi connectivity index (χ1n) is 8.93. The summed E-state index contributed by atoms with van der Waals surface area (Å²) in [6.07, 6.45) is 1.65. The average molecular weight is 445 g/mol. The van der Waals surface area contributed by atoms with Crippen LogP contribution in [0.5, 0.6) is 17.2 Å². The fourth-order valence-electron chi connectivity index (χ4n) is 2.79. The normalized spacial score (nSPS) is 16.0. The molecule has 2 aromatic carbocycles. The van der Waals surface area contributed by atoms with Gasteiger partial charge < -0.3 is 19.9 Å². The molecule has 1 unspecified atom stereocenters. The van der Waals surface area contributed by atoms with Crippen LogP contribution in [0.1, 0.15) is 12.5 Å². The number of ether oxygens (including phenoxy) is 2. The van der Waals surface area contributed by atoms with E-state index in [2.05, 4.69) is 5.32 Å². The number of thiocarbonyl (C=S) groups is 1. The number of carbonyl (C=O) groups excluding carboxylic acids is 2. The van der Waals surface area contributed by atoms with Crippen molar-refractivity contribution in [1.82, 2.24) is 4.90 Å². The molecule has 156 valence electrons. The van der Waals surface area contributed by atoms with E-state index in [1.165, 1.54) is 18.1 Å². The smallest absolute Gasteiger partial charge is 0.266 e. The van der Waals surface area contributed by atoms with Crippen LogP contribution in [0.3, 0.4) is 0 Å². The van der Waals surface area contributed by atoms with Crippen molar-refractivity contribution in [3.05, 3.63) is 52.9 Å². The predicted molar refractivity (Wildman–Crippen MR) is 121 cm³/mol. The lowest BCUT2D eigenvalue weighted by molar-refractivity contribution is -0.129. The molecule has 2 amide bonds. The zero-order valence-corrected chi connectivity index (χ0v) is 18.2. The van der Waals surface area contributed by atoms with Crippen LogP contribution in [0.2, 0.25) is 0 Å². The summed E-state index contributed by atoms with van der Waals surface area (Å²) in [5.41, 5.74) is 1.25. The van der Waals surface area contributed by atoms with E-state index >= 15 is 0 Å². The molecule has 1 aliphatic heterocycles. The summed E-state index contributed by atoms with van der Waals surface area (Å²) in [5.74, 6) is 0.268. The van der Waals surface area contributed by atoms with Crippen molar-refractivity contribution in [1.29, 1.82) is 0 Å². The summed E-state index contributed by atoms with van der Waals surface area (Å²) >= 11 is 6.46. The number of nitrogens with one attached hydrogen (secondary N) is 1. The highest BCUT2D eigenvalue weighted by Gasteiger charge is 2.38. The molecule has 1 aliphatic rings. The quantitative estimate of drug-likeness (QED) is 0.519. The molecule has 1 saturated heterocycles. The van der Waals surface area contributed by atoms with Gasteiger partial charge in [0, 0.05) is 5.69 Å². The van der Waals surface area contributed by atoms with Gasteiger partial charge in [-0.05, 0) is 55.0 Å². The molecular weight excluding hydrogens is 424 g/mol. The minimum Gasteiger partial charge on any atom is -0.504 e. The molecule has 0 radical (unpaired) electrons. The second kappa shape index (κ2) is 9.19. The molecule has 0 spiro atoms. The first-order chi connectivity index (χ1) is 14.3. The van der Waals surface area contributed by atoms with Crippen molar-refractivity contribution < 1.29 is 24.2 Å². The van der Waals surface area contributed by atoms with E-state index in [1.54, 1.807) is 56.5 Å².